The van der Waals surface area contributed by atoms with Crippen LogP contribution in [0.4, 0.5) is 0 Å². The average Bonchev–Trinajstić information content (AvgIpc) is 3.77. The number of hydrogen-bond donors (Lipinski definition) is 0. The molecule has 1 aliphatic carbocycles. The van der Waals surface area contributed by atoms with Gasteiger partial charge < -0.3 is 4.42 Å². The molecule has 0 unspecified atom stereocenters. The first-order valence-corrected chi connectivity index (χ1v) is 20.3. The van der Waals surface area contributed by atoms with Crippen molar-refractivity contribution in [3.05, 3.63) is 205 Å². The maximum atomic E-state index is 6.16. The van der Waals surface area contributed by atoms with E-state index in [4.69, 9.17) is 4.42 Å². The minimum absolute atomic E-state index is 0.0944. The van der Waals surface area contributed by atoms with Crippen molar-refractivity contribution in [1.29, 1.82) is 0 Å². The second kappa shape index (κ2) is 12.4. The van der Waals surface area contributed by atoms with Crippen molar-refractivity contribution >= 4 is 54.3 Å². The molecule has 0 N–H and O–H groups in total. The van der Waals surface area contributed by atoms with Gasteiger partial charge in [-0.2, -0.15) is 0 Å². The van der Waals surface area contributed by atoms with Crippen LogP contribution in [0, 0.1) is 0 Å². The summed E-state index contributed by atoms with van der Waals surface area (Å²) in [5.74, 6) is 0. The molecule has 0 fully saturated rings. The van der Waals surface area contributed by atoms with Crippen molar-refractivity contribution < 1.29 is 4.42 Å². The zero-order valence-electron chi connectivity index (χ0n) is 32.4. The summed E-state index contributed by atoms with van der Waals surface area (Å²) in [6.45, 7) is 4.77. The highest BCUT2D eigenvalue weighted by molar-refractivity contribution is 6.21. The highest BCUT2D eigenvalue weighted by Gasteiger charge is 2.38. The second-order valence-electron chi connectivity index (χ2n) is 16.4. The summed E-state index contributed by atoms with van der Waals surface area (Å²) in [5, 5.41) is 9.94. The third-order valence-electron chi connectivity index (χ3n) is 12.8. The predicted octanol–water partition coefficient (Wildman–Crippen LogP) is 16.0. The van der Waals surface area contributed by atoms with Crippen LogP contribution in [0.2, 0.25) is 0 Å². The van der Waals surface area contributed by atoms with Gasteiger partial charge in [-0.1, -0.05) is 184 Å². The summed E-state index contributed by atoms with van der Waals surface area (Å²) in [7, 11) is 0. The molecule has 0 bridgehead atoms. The van der Waals surface area contributed by atoms with Crippen LogP contribution >= 0.6 is 0 Å². The molecular weight excluding hydrogens is 701 g/mol. The van der Waals surface area contributed by atoms with Gasteiger partial charge in [-0.15, -0.1) is 0 Å². The van der Waals surface area contributed by atoms with Gasteiger partial charge in [0.25, 0.3) is 0 Å². The number of furan rings is 1. The zero-order valence-corrected chi connectivity index (χ0v) is 32.4. The molecule has 12 rings (SSSR count). The molecule has 1 aromatic heterocycles. The fourth-order valence-corrected chi connectivity index (χ4v) is 10.2. The molecule has 11 aromatic rings. The highest BCUT2D eigenvalue weighted by atomic mass is 16.3. The number of hydrogen-bond acceptors (Lipinski definition) is 1. The Morgan fingerprint density at radius 3 is 1.62 bits per heavy atom. The third kappa shape index (κ3) is 4.77. The Hall–Kier alpha value is -7.22. The van der Waals surface area contributed by atoms with Crippen LogP contribution < -0.4 is 0 Å². The Morgan fingerprint density at radius 1 is 0.328 bits per heavy atom. The largest absolute Gasteiger partial charge is 0.456 e. The Labute approximate surface area is 337 Å². The first kappa shape index (κ1) is 33.0. The van der Waals surface area contributed by atoms with Gasteiger partial charge in [0, 0.05) is 16.2 Å². The van der Waals surface area contributed by atoms with Crippen LogP contribution in [0.15, 0.2) is 199 Å². The lowest BCUT2D eigenvalue weighted by atomic mass is 9.80. The maximum Gasteiger partial charge on any atom is 0.135 e. The Balaban J connectivity index is 0.993. The lowest BCUT2D eigenvalue weighted by Crippen LogP contribution is -2.15. The van der Waals surface area contributed by atoms with E-state index >= 15 is 0 Å². The number of fused-ring (bicyclic) bond motifs is 10. The molecule has 1 heterocycles. The van der Waals surface area contributed by atoms with Gasteiger partial charge in [0.15, 0.2) is 0 Å². The molecule has 0 spiro atoms. The van der Waals surface area contributed by atoms with Crippen LogP contribution in [0.1, 0.15) is 25.0 Å². The molecule has 0 saturated heterocycles. The first-order valence-electron chi connectivity index (χ1n) is 20.3. The lowest BCUT2D eigenvalue weighted by Gasteiger charge is -2.23. The molecule has 1 nitrogen and oxygen atoms in total. The number of benzene rings is 10. The van der Waals surface area contributed by atoms with Crippen LogP contribution in [0.25, 0.3) is 110 Å². The maximum absolute atomic E-state index is 6.16. The van der Waals surface area contributed by atoms with E-state index in [1.807, 2.05) is 12.1 Å². The summed E-state index contributed by atoms with van der Waals surface area (Å²) in [6, 6.07) is 71.4. The molecule has 1 aliphatic rings. The van der Waals surface area contributed by atoms with Crippen molar-refractivity contribution in [3.63, 3.8) is 0 Å². The van der Waals surface area contributed by atoms with Crippen molar-refractivity contribution in [3.8, 4) is 55.6 Å². The van der Waals surface area contributed by atoms with Gasteiger partial charge >= 0.3 is 0 Å². The molecule has 0 atom stereocenters. The molecule has 0 saturated carbocycles. The van der Waals surface area contributed by atoms with E-state index < -0.39 is 0 Å². The van der Waals surface area contributed by atoms with E-state index in [0.717, 1.165) is 21.9 Å². The average molecular weight is 739 g/mol. The molecular formula is C57H38O. The fraction of sp³-hybridized carbons (Fsp3) is 0.0526. The van der Waals surface area contributed by atoms with Gasteiger partial charge in [-0.3, -0.25) is 0 Å². The van der Waals surface area contributed by atoms with E-state index in [1.54, 1.807) is 0 Å². The minimum Gasteiger partial charge on any atom is -0.456 e. The van der Waals surface area contributed by atoms with E-state index in [9.17, 15) is 0 Å². The number of para-hydroxylation sites is 1. The van der Waals surface area contributed by atoms with Gasteiger partial charge in [0.05, 0.1) is 0 Å². The Kier molecular flexibility index (Phi) is 7.04. The fourth-order valence-electron chi connectivity index (χ4n) is 10.2. The molecule has 10 aromatic carbocycles. The van der Waals surface area contributed by atoms with Crippen LogP contribution in [-0.2, 0) is 5.41 Å². The van der Waals surface area contributed by atoms with Gasteiger partial charge in [-0.25, -0.2) is 0 Å². The van der Waals surface area contributed by atoms with E-state index in [2.05, 4.69) is 196 Å². The van der Waals surface area contributed by atoms with E-state index in [0.29, 0.717) is 0 Å². The summed E-state index contributed by atoms with van der Waals surface area (Å²) in [5.41, 5.74) is 17.1. The summed E-state index contributed by atoms with van der Waals surface area (Å²) in [4.78, 5) is 0. The molecule has 0 amide bonds. The van der Waals surface area contributed by atoms with Crippen molar-refractivity contribution in [2.24, 2.45) is 0 Å². The van der Waals surface area contributed by atoms with Gasteiger partial charge in [-0.05, 0) is 123 Å². The summed E-state index contributed by atoms with van der Waals surface area (Å²) in [6.07, 6.45) is 0. The quantitative estimate of drug-likeness (QED) is 0.164. The Morgan fingerprint density at radius 2 is 0.879 bits per heavy atom. The lowest BCUT2D eigenvalue weighted by molar-refractivity contribution is 0.666. The topological polar surface area (TPSA) is 13.1 Å². The SMILES string of the molecule is CC1(C)c2cccc(-c3ccc(-c4c5ccccc5c(-c5cccc(-c6ccc7oc8ccccc8c7c6)c5)c5ccccc45)cc3)c2-c2ccc3ccccc3c21. The minimum atomic E-state index is -0.0944. The zero-order chi connectivity index (χ0) is 38.5. The molecule has 1 heteroatoms. The number of rotatable bonds is 4. The third-order valence-corrected chi connectivity index (χ3v) is 12.8. The summed E-state index contributed by atoms with van der Waals surface area (Å²) < 4.78 is 6.16. The summed E-state index contributed by atoms with van der Waals surface area (Å²) >= 11 is 0. The normalized spacial score (nSPS) is 13.1. The van der Waals surface area contributed by atoms with Gasteiger partial charge in [0.2, 0.25) is 0 Å². The smallest absolute Gasteiger partial charge is 0.135 e. The first-order chi connectivity index (χ1) is 28.5. The Bertz CT molecular complexity index is 3410. The van der Waals surface area contributed by atoms with Crippen LogP contribution in [-0.4, -0.2) is 0 Å². The molecule has 0 radical (unpaired) electrons. The van der Waals surface area contributed by atoms with E-state index in [1.165, 1.54) is 99.1 Å². The monoisotopic (exact) mass is 738 g/mol. The molecule has 272 valence electrons. The predicted molar refractivity (Wildman–Crippen MR) is 246 cm³/mol. The second-order valence-corrected chi connectivity index (χ2v) is 16.4. The van der Waals surface area contributed by atoms with Crippen molar-refractivity contribution in [1.82, 2.24) is 0 Å². The van der Waals surface area contributed by atoms with Crippen molar-refractivity contribution in [2.45, 2.75) is 19.3 Å². The highest BCUT2D eigenvalue weighted by Crippen LogP contribution is 2.54. The van der Waals surface area contributed by atoms with Crippen molar-refractivity contribution in [2.75, 3.05) is 0 Å². The molecule has 0 aliphatic heterocycles. The van der Waals surface area contributed by atoms with E-state index in [-0.39, 0.29) is 5.41 Å². The molecule has 58 heavy (non-hydrogen) atoms. The van der Waals surface area contributed by atoms with Gasteiger partial charge in [0.1, 0.15) is 11.2 Å². The van der Waals surface area contributed by atoms with Crippen LogP contribution in [0.3, 0.4) is 0 Å². The standard InChI is InChI=1S/C57H38O/c1-57(2)50-23-12-22-41(55(50)48-31-29-35-13-3-4-16-42(35)56(48)57)36-25-27-37(28-26-36)53-44-18-5-7-20-46(44)54(47-21-8-6-19-45(47)53)40-15-11-14-38(33-40)39-30-32-52-49(34-39)43-17-9-10-24-51(43)58-52/h3-34H,1-2H3. The van der Waals surface area contributed by atoms with Crippen LogP contribution in [0.5, 0.6) is 0 Å².